The summed E-state index contributed by atoms with van der Waals surface area (Å²) in [6.45, 7) is -0.703. The van der Waals surface area contributed by atoms with Crippen molar-refractivity contribution in [1.29, 1.82) is 0 Å². The number of alkyl halides is 3. The monoisotopic (exact) mass is 564 g/mol. The SMILES string of the molecule is O=C(c1ccc(C(F)(F)F)cc1NS(=O)(=O)c1cccc2nccnc12)N1CCOc2cc(F)cc(F)c2C1. The number of anilines is 1. The first-order valence-corrected chi connectivity index (χ1v) is 12.8. The van der Waals surface area contributed by atoms with Gasteiger partial charge in [0.05, 0.1) is 35.4 Å². The molecular weight excluding hydrogens is 547 g/mol. The van der Waals surface area contributed by atoms with Crippen molar-refractivity contribution in [2.45, 2.75) is 17.6 Å². The number of carbonyl (C=O) groups excluding carboxylic acids is 1. The molecule has 0 saturated carbocycles. The van der Waals surface area contributed by atoms with E-state index in [-0.39, 0.29) is 40.4 Å². The van der Waals surface area contributed by atoms with Gasteiger partial charge in [0.2, 0.25) is 0 Å². The minimum Gasteiger partial charge on any atom is -0.491 e. The van der Waals surface area contributed by atoms with Gasteiger partial charge >= 0.3 is 6.18 Å². The molecule has 0 fully saturated rings. The van der Waals surface area contributed by atoms with Crippen LogP contribution in [0.15, 0.2) is 65.8 Å². The van der Waals surface area contributed by atoms with Crippen LogP contribution in [0, 0.1) is 11.6 Å². The molecule has 0 atom stereocenters. The molecule has 3 aromatic carbocycles. The number of carbonyl (C=O) groups is 1. The molecule has 0 radical (unpaired) electrons. The van der Waals surface area contributed by atoms with Crippen LogP contribution in [0.5, 0.6) is 5.75 Å². The number of para-hydroxylation sites is 1. The zero-order valence-electron chi connectivity index (χ0n) is 19.7. The zero-order chi connectivity index (χ0) is 27.9. The summed E-state index contributed by atoms with van der Waals surface area (Å²) in [5, 5.41) is 0. The Balaban J connectivity index is 1.56. The van der Waals surface area contributed by atoms with Crippen molar-refractivity contribution < 1.29 is 39.9 Å². The van der Waals surface area contributed by atoms with Gasteiger partial charge in [-0.15, -0.1) is 0 Å². The second-order valence-corrected chi connectivity index (χ2v) is 10.1. The van der Waals surface area contributed by atoms with E-state index in [1.54, 1.807) is 0 Å². The fourth-order valence-corrected chi connectivity index (χ4v) is 5.35. The van der Waals surface area contributed by atoms with E-state index in [4.69, 9.17) is 4.74 Å². The fourth-order valence-electron chi connectivity index (χ4n) is 4.12. The summed E-state index contributed by atoms with van der Waals surface area (Å²) < 4.78 is 103. The van der Waals surface area contributed by atoms with Gasteiger partial charge in [-0.1, -0.05) is 6.07 Å². The molecule has 5 rings (SSSR count). The highest BCUT2D eigenvalue weighted by Crippen LogP contribution is 2.35. The summed E-state index contributed by atoms with van der Waals surface area (Å²) in [5.74, 6) is -2.88. The van der Waals surface area contributed by atoms with Crippen LogP contribution in [0.1, 0.15) is 21.5 Å². The Morgan fingerprint density at radius 1 is 1.03 bits per heavy atom. The average Bonchev–Trinajstić information content (AvgIpc) is 3.10. The number of hydrogen-bond acceptors (Lipinski definition) is 6. The molecule has 0 spiro atoms. The molecule has 0 saturated heterocycles. The first-order chi connectivity index (χ1) is 18.4. The third-order valence-corrected chi connectivity index (χ3v) is 7.34. The molecule has 14 heteroatoms. The van der Waals surface area contributed by atoms with E-state index in [1.807, 2.05) is 0 Å². The first kappa shape index (κ1) is 26.3. The Kier molecular flexibility index (Phi) is 6.58. The number of sulfonamides is 1. The molecule has 1 aliphatic rings. The third kappa shape index (κ3) is 5.19. The van der Waals surface area contributed by atoms with Crippen LogP contribution in [0.3, 0.4) is 0 Å². The lowest BCUT2D eigenvalue weighted by molar-refractivity contribution is -0.137. The van der Waals surface area contributed by atoms with Crippen molar-refractivity contribution in [1.82, 2.24) is 14.9 Å². The molecule has 0 aliphatic carbocycles. The summed E-state index contributed by atoms with van der Waals surface area (Å²) in [6, 6.07) is 7.62. The number of fused-ring (bicyclic) bond motifs is 2. The smallest absolute Gasteiger partial charge is 0.416 e. The zero-order valence-corrected chi connectivity index (χ0v) is 20.5. The lowest BCUT2D eigenvalue weighted by Gasteiger charge is -2.23. The van der Waals surface area contributed by atoms with E-state index in [9.17, 15) is 35.2 Å². The molecule has 2 heterocycles. The molecule has 0 unspecified atom stereocenters. The van der Waals surface area contributed by atoms with Crippen LogP contribution in [-0.2, 0) is 22.7 Å². The lowest BCUT2D eigenvalue weighted by Crippen LogP contribution is -2.33. The van der Waals surface area contributed by atoms with Gasteiger partial charge in [-0.3, -0.25) is 19.5 Å². The largest absolute Gasteiger partial charge is 0.491 e. The number of amides is 1. The minimum absolute atomic E-state index is 0.0312. The summed E-state index contributed by atoms with van der Waals surface area (Å²) in [6.07, 6.45) is -2.25. The number of hydrogen-bond donors (Lipinski definition) is 1. The standard InChI is InChI=1S/C25H17F5N4O4S/c26-15-11-18(27)17-13-34(8-9-38-21(17)12-15)24(35)16-5-4-14(25(28,29)30)10-20(16)33-39(36,37)22-3-1-2-19-23(22)32-7-6-31-19/h1-7,10-12,33H,8-9,13H2. The average molecular weight is 564 g/mol. The van der Waals surface area contributed by atoms with Crippen LogP contribution in [0.25, 0.3) is 11.0 Å². The number of halogens is 5. The van der Waals surface area contributed by atoms with Gasteiger partial charge in [-0.05, 0) is 30.3 Å². The fraction of sp³-hybridized carbons (Fsp3) is 0.160. The number of rotatable bonds is 4. The summed E-state index contributed by atoms with van der Waals surface area (Å²) >= 11 is 0. The highest BCUT2D eigenvalue weighted by atomic mass is 32.2. The van der Waals surface area contributed by atoms with E-state index in [1.165, 1.54) is 30.6 Å². The second kappa shape index (κ2) is 9.76. The summed E-state index contributed by atoms with van der Waals surface area (Å²) in [5.41, 5.74) is -2.23. The van der Waals surface area contributed by atoms with Gasteiger partial charge in [0.1, 0.15) is 34.4 Å². The molecule has 1 N–H and O–H groups in total. The van der Waals surface area contributed by atoms with Crippen molar-refractivity contribution in [3.63, 3.8) is 0 Å². The number of benzene rings is 3. The van der Waals surface area contributed by atoms with Crippen LogP contribution in [0.2, 0.25) is 0 Å². The molecule has 39 heavy (non-hydrogen) atoms. The maximum Gasteiger partial charge on any atom is 0.416 e. The topological polar surface area (TPSA) is 101 Å². The predicted molar refractivity (Wildman–Crippen MR) is 128 cm³/mol. The van der Waals surface area contributed by atoms with Crippen molar-refractivity contribution in [2.75, 3.05) is 17.9 Å². The molecule has 8 nitrogen and oxygen atoms in total. The Hall–Kier alpha value is -4.33. The van der Waals surface area contributed by atoms with Crippen molar-refractivity contribution in [3.8, 4) is 5.75 Å². The van der Waals surface area contributed by atoms with Gasteiger partial charge in [-0.25, -0.2) is 17.2 Å². The Labute approximate surface area is 218 Å². The van der Waals surface area contributed by atoms with Gasteiger partial charge < -0.3 is 9.64 Å². The minimum atomic E-state index is -4.85. The number of aromatic nitrogens is 2. The predicted octanol–water partition coefficient (Wildman–Crippen LogP) is 4.76. The number of nitrogens with zero attached hydrogens (tertiary/aromatic N) is 3. The Bertz CT molecular complexity index is 1710. The number of nitrogens with one attached hydrogen (secondary N) is 1. The van der Waals surface area contributed by atoms with Crippen molar-refractivity contribution >= 4 is 32.7 Å². The van der Waals surface area contributed by atoms with E-state index < -0.39 is 57.1 Å². The van der Waals surface area contributed by atoms with Crippen LogP contribution >= 0.6 is 0 Å². The van der Waals surface area contributed by atoms with Crippen molar-refractivity contribution in [2.24, 2.45) is 0 Å². The Morgan fingerprint density at radius 3 is 2.56 bits per heavy atom. The van der Waals surface area contributed by atoms with Crippen LogP contribution < -0.4 is 9.46 Å². The van der Waals surface area contributed by atoms with E-state index in [0.717, 1.165) is 17.0 Å². The molecule has 0 bridgehead atoms. The third-order valence-electron chi connectivity index (χ3n) is 5.95. The molecule has 1 aliphatic heterocycles. The maximum atomic E-state index is 14.5. The van der Waals surface area contributed by atoms with Crippen molar-refractivity contribution in [3.05, 3.63) is 89.2 Å². The molecule has 4 aromatic rings. The summed E-state index contributed by atoms with van der Waals surface area (Å²) in [4.78, 5) is 22.2. The molecular formula is C25H17F5N4O4S. The maximum absolute atomic E-state index is 14.5. The summed E-state index contributed by atoms with van der Waals surface area (Å²) in [7, 11) is -4.57. The molecule has 1 amide bonds. The van der Waals surface area contributed by atoms with Gasteiger partial charge in [-0.2, -0.15) is 13.2 Å². The first-order valence-electron chi connectivity index (χ1n) is 11.3. The number of ether oxygens (including phenoxy) is 1. The quantitative estimate of drug-likeness (QED) is 0.359. The lowest BCUT2D eigenvalue weighted by atomic mass is 10.1. The van der Waals surface area contributed by atoms with Gasteiger partial charge in [0.25, 0.3) is 15.9 Å². The van der Waals surface area contributed by atoms with Gasteiger partial charge in [0.15, 0.2) is 0 Å². The highest BCUT2D eigenvalue weighted by molar-refractivity contribution is 7.93. The van der Waals surface area contributed by atoms with Gasteiger partial charge in [0, 0.05) is 30.1 Å². The molecule has 1 aromatic heterocycles. The van der Waals surface area contributed by atoms with E-state index in [0.29, 0.717) is 18.2 Å². The van der Waals surface area contributed by atoms with E-state index >= 15 is 0 Å². The normalized spacial score (nSPS) is 13.9. The molecule has 202 valence electrons. The van der Waals surface area contributed by atoms with Crippen LogP contribution in [0.4, 0.5) is 27.6 Å². The van der Waals surface area contributed by atoms with E-state index in [2.05, 4.69) is 14.7 Å². The van der Waals surface area contributed by atoms with Crippen LogP contribution in [-0.4, -0.2) is 42.3 Å². The second-order valence-electron chi connectivity index (χ2n) is 8.48. The highest BCUT2D eigenvalue weighted by Gasteiger charge is 2.34. The Morgan fingerprint density at radius 2 is 1.79 bits per heavy atom.